The highest BCUT2D eigenvalue weighted by atomic mass is 16.3. The average molecular weight is 182 g/mol. The van der Waals surface area contributed by atoms with Gasteiger partial charge in [-0.1, -0.05) is 33.6 Å². The Morgan fingerprint density at radius 2 is 2.00 bits per heavy atom. The van der Waals surface area contributed by atoms with Crippen LogP contribution in [0.4, 0.5) is 0 Å². The van der Waals surface area contributed by atoms with Gasteiger partial charge in [-0.3, -0.25) is 0 Å². The molecule has 1 N–H and O–H groups in total. The number of aliphatic hydroxyl groups is 1. The van der Waals surface area contributed by atoms with Gasteiger partial charge in [0.2, 0.25) is 0 Å². The molecule has 13 heavy (non-hydrogen) atoms. The van der Waals surface area contributed by atoms with Crippen molar-refractivity contribution in [1.82, 2.24) is 0 Å². The molecule has 0 radical (unpaired) electrons. The number of hydrogen-bond donors (Lipinski definition) is 1. The summed E-state index contributed by atoms with van der Waals surface area (Å²) in [5.41, 5.74) is 0.419. The molecule has 0 aromatic carbocycles. The van der Waals surface area contributed by atoms with Crippen molar-refractivity contribution >= 4 is 0 Å². The molecule has 0 aromatic heterocycles. The Kier molecular flexibility index (Phi) is 1.99. The minimum Gasteiger partial charge on any atom is -0.392 e. The normalized spacial score (nSPS) is 41.1. The van der Waals surface area contributed by atoms with Gasteiger partial charge in [-0.05, 0) is 36.0 Å². The molecule has 1 heteroatoms. The third kappa shape index (κ3) is 1.41. The standard InChI is InChI=1S/C12H22O/c1-11(2,3)10(13)12-7-5-4-6-9(12)8-12/h9-10,13H,4-8H2,1-3H3. The summed E-state index contributed by atoms with van der Waals surface area (Å²) < 4.78 is 0. The molecule has 0 aliphatic heterocycles. The van der Waals surface area contributed by atoms with Crippen LogP contribution in [0, 0.1) is 16.7 Å². The van der Waals surface area contributed by atoms with Crippen LogP contribution < -0.4 is 0 Å². The van der Waals surface area contributed by atoms with Gasteiger partial charge in [0.1, 0.15) is 0 Å². The van der Waals surface area contributed by atoms with Crippen molar-refractivity contribution in [3.8, 4) is 0 Å². The van der Waals surface area contributed by atoms with E-state index in [2.05, 4.69) is 20.8 Å². The van der Waals surface area contributed by atoms with Gasteiger partial charge in [0.25, 0.3) is 0 Å². The van der Waals surface area contributed by atoms with E-state index in [1.807, 2.05) is 0 Å². The van der Waals surface area contributed by atoms with Gasteiger partial charge in [-0.2, -0.15) is 0 Å². The van der Waals surface area contributed by atoms with E-state index in [1.54, 1.807) is 0 Å². The molecule has 0 heterocycles. The fourth-order valence-corrected chi connectivity index (χ4v) is 3.27. The van der Waals surface area contributed by atoms with Gasteiger partial charge in [0.15, 0.2) is 0 Å². The summed E-state index contributed by atoms with van der Waals surface area (Å²) in [5, 5.41) is 10.3. The predicted octanol–water partition coefficient (Wildman–Crippen LogP) is 2.97. The number of aliphatic hydroxyl groups excluding tert-OH is 1. The molecule has 2 aliphatic rings. The SMILES string of the molecule is CC(C)(C)C(O)C12CCCCC1C2. The van der Waals surface area contributed by atoms with Gasteiger partial charge in [-0.15, -0.1) is 0 Å². The first-order valence-corrected chi connectivity index (χ1v) is 5.65. The van der Waals surface area contributed by atoms with Crippen molar-refractivity contribution in [1.29, 1.82) is 0 Å². The third-order valence-electron chi connectivity index (χ3n) is 4.09. The lowest BCUT2D eigenvalue weighted by atomic mass is 9.73. The van der Waals surface area contributed by atoms with Crippen LogP contribution >= 0.6 is 0 Å². The molecule has 0 bridgehead atoms. The van der Waals surface area contributed by atoms with E-state index in [-0.39, 0.29) is 11.5 Å². The molecule has 2 saturated carbocycles. The molecule has 3 atom stereocenters. The minimum absolute atomic E-state index is 0.0755. The zero-order chi connectivity index (χ0) is 9.69. The second-order valence-electron chi connectivity index (χ2n) is 6.15. The van der Waals surface area contributed by atoms with Gasteiger partial charge in [0, 0.05) is 0 Å². The highest BCUT2D eigenvalue weighted by molar-refractivity contribution is 5.10. The quantitative estimate of drug-likeness (QED) is 0.661. The Morgan fingerprint density at radius 3 is 2.54 bits per heavy atom. The zero-order valence-electron chi connectivity index (χ0n) is 9.14. The number of fused-ring (bicyclic) bond motifs is 1. The lowest BCUT2D eigenvalue weighted by Gasteiger charge is -2.36. The lowest BCUT2D eigenvalue weighted by molar-refractivity contribution is -0.0181. The smallest absolute Gasteiger partial charge is 0.0647 e. The van der Waals surface area contributed by atoms with E-state index in [1.165, 1.54) is 32.1 Å². The number of rotatable bonds is 1. The van der Waals surface area contributed by atoms with E-state index in [0.717, 1.165) is 5.92 Å². The molecular formula is C12H22O. The molecule has 1 nitrogen and oxygen atoms in total. The zero-order valence-corrected chi connectivity index (χ0v) is 9.14. The van der Waals surface area contributed by atoms with Crippen molar-refractivity contribution < 1.29 is 5.11 Å². The summed E-state index contributed by atoms with van der Waals surface area (Å²) >= 11 is 0. The van der Waals surface area contributed by atoms with Crippen molar-refractivity contribution in [3.63, 3.8) is 0 Å². The van der Waals surface area contributed by atoms with E-state index < -0.39 is 0 Å². The monoisotopic (exact) mass is 182 g/mol. The molecule has 3 unspecified atom stereocenters. The van der Waals surface area contributed by atoms with Crippen LogP contribution in [0.1, 0.15) is 52.9 Å². The van der Waals surface area contributed by atoms with Gasteiger partial charge < -0.3 is 5.11 Å². The van der Waals surface area contributed by atoms with Crippen molar-refractivity contribution in [3.05, 3.63) is 0 Å². The summed E-state index contributed by atoms with van der Waals surface area (Å²) in [4.78, 5) is 0. The van der Waals surface area contributed by atoms with Crippen LogP contribution in [0.25, 0.3) is 0 Å². The van der Waals surface area contributed by atoms with Crippen LogP contribution in [-0.2, 0) is 0 Å². The van der Waals surface area contributed by atoms with Gasteiger partial charge >= 0.3 is 0 Å². The average Bonchev–Trinajstić information content (AvgIpc) is 2.76. The van der Waals surface area contributed by atoms with E-state index in [0.29, 0.717) is 5.41 Å². The van der Waals surface area contributed by atoms with Crippen LogP contribution in [0.15, 0.2) is 0 Å². The Bertz CT molecular complexity index is 204. The molecule has 0 saturated heterocycles. The van der Waals surface area contributed by atoms with Crippen LogP contribution in [-0.4, -0.2) is 11.2 Å². The first-order chi connectivity index (χ1) is 5.97. The summed E-state index contributed by atoms with van der Waals surface area (Å²) in [6, 6.07) is 0. The summed E-state index contributed by atoms with van der Waals surface area (Å²) in [6.45, 7) is 6.49. The fourth-order valence-electron chi connectivity index (χ4n) is 3.27. The molecule has 76 valence electrons. The number of hydrogen-bond acceptors (Lipinski definition) is 1. The van der Waals surface area contributed by atoms with Crippen LogP contribution in [0.2, 0.25) is 0 Å². The van der Waals surface area contributed by atoms with E-state index >= 15 is 0 Å². The topological polar surface area (TPSA) is 20.2 Å². The first kappa shape index (κ1) is 9.51. The third-order valence-corrected chi connectivity index (χ3v) is 4.09. The van der Waals surface area contributed by atoms with E-state index in [4.69, 9.17) is 0 Å². The molecule has 2 rings (SSSR count). The van der Waals surface area contributed by atoms with Crippen LogP contribution in [0.5, 0.6) is 0 Å². The summed E-state index contributed by atoms with van der Waals surface area (Å²) in [6.07, 6.45) is 6.59. The summed E-state index contributed by atoms with van der Waals surface area (Å²) in [7, 11) is 0. The molecule has 0 amide bonds. The highest BCUT2D eigenvalue weighted by Gasteiger charge is 2.61. The molecule has 0 spiro atoms. The largest absolute Gasteiger partial charge is 0.392 e. The first-order valence-electron chi connectivity index (χ1n) is 5.65. The minimum atomic E-state index is -0.0784. The fraction of sp³-hybridized carbons (Fsp3) is 1.00. The molecule has 0 aromatic rings. The van der Waals surface area contributed by atoms with Crippen molar-refractivity contribution in [2.45, 2.75) is 59.0 Å². The Morgan fingerprint density at radius 1 is 1.31 bits per heavy atom. The van der Waals surface area contributed by atoms with Crippen molar-refractivity contribution in [2.75, 3.05) is 0 Å². The molecule has 2 aliphatic carbocycles. The molecule has 2 fully saturated rings. The highest BCUT2D eigenvalue weighted by Crippen LogP contribution is 2.65. The Balaban J connectivity index is 2.09. The maximum atomic E-state index is 10.3. The van der Waals surface area contributed by atoms with Gasteiger partial charge in [-0.25, -0.2) is 0 Å². The Labute approximate surface area is 81.5 Å². The lowest BCUT2D eigenvalue weighted by Crippen LogP contribution is -2.37. The second-order valence-corrected chi connectivity index (χ2v) is 6.15. The second kappa shape index (κ2) is 2.73. The van der Waals surface area contributed by atoms with Crippen LogP contribution in [0.3, 0.4) is 0 Å². The summed E-state index contributed by atoms with van der Waals surface area (Å²) in [5.74, 6) is 0.857. The molecular weight excluding hydrogens is 160 g/mol. The Hall–Kier alpha value is -0.0400. The maximum absolute atomic E-state index is 10.3. The van der Waals surface area contributed by atoms with Crippen molar-refractivity contribution in [2.24, 2.45) is 16.7 Å². The predicted molar refractivity (Wildman–Crippen MR) is 54.5 cm³/mol. The van der Waals surface area contributed by atoms with Gasteiger partial charge in [0.05, 0.1) is 6.10 Å². The van der Waals surface area contributed by atoms with E-state index in [9.17, 15) is 5.11 Å². The maximum Gasteiger partial charge on any atom is 0.0647 e.